The number of nitrogens with zero attached hydrogens (tertiary/aromatic N) is 1. The van der Waals surface area contributed by atoms with Crippen molar-refractivity contribution in [2.24, 2.45) is 17.3 Å². The summed E-state index contributed by atoms with van der Waals surface area (Å²) in [6.07, 6.45) is 4.32. The summed E-state index contributed by atoms with van der Waals surface area (Å²) in [5, 5.41) is 8.00. The average Bonchev–Trinajstić information content (AvgIpc) is 3.51. The number of alkyl carbamates (subject to hydrolysis) is 1. The van der Waals surface area contributed by atoms with E-state index >= 15 is 0 Å². The van der Waals surface area contributed by atoms with Crippen LogP contribution in [-0.4, -0.2) is 71.3 Å². The fraction of sp³-hybridized carbons (Fsp3) is 0.750. The average molecular weight is 535 g/mol. The maximum absolute atomic E-state index is 13.8. The Bertz CT molecular complexity index is 915. The number of ketones is 1. The van der Waals surface area contributed by atoms with Crippen LogP contribution < -0.4 is 16.0 Å². The third-order valence-corrected chi connectivity index (χ3v) is 6.90. The van der Waals surface area contributed by atoms with Crippen LogP contribution in [0.2, 0.25) is 0 Å². The lowest BCUT2D eigenvalue weighted by atomic mass is 9.85. The standard InChI is InChI=1S/C28H46N4O6/c1-9-14-29-24(35)21(33)19(16-17-11-12-17)30-23(34)20-18(10-2)13-15-32(20)25(36)22(27(3,4)5)31-26(37)38-28(6,7)8/h9,17-20,22H,1,10-16H2,2-8H3,(H,29,35)(H,30,34)(H,31,37). The molecule has 1 saturated carbocycles. The summed E-state index contributed by atoms with van der Waals surface area (Å²) in [7, 11) is 0. The minimum atomic E-state index is -0.965. The van der Waals surface area contributed by atoms with Gasteiger partial charge in [0.05, 0.1) is 6.04 Å². The van der Waals surface area contributed by atoms with Gasteiger partial charge in [0.25, 0.3) is 5.91 Å². The highest BCUT2D eigenvalue weighted by Gasteiger charge is 2.47. The highest BCUT2D eigenvalue weighted by Crippen LogP contribution is 2.35. The van der Waals surface area contributed by atoms with Crippen LogP contribution in [0.1, 0.15) is 80.6 Å². The van der Waals surface area contributed by atoms with Crippen molar-refractivity contribution in [3.05, 3.63) is 12.7 Å². The second kappa shape index (κ2) is 12.8. The first-order valence-corrected chi connectivity index (χ1v) is 13.6. The van der Waals surface area contributed by atoms with Crippen molar-refractivity contribution in [2.75, 3.05) is 13.1 Å². The van der Waals surface area contributed by atoms with E-state index in [4.69, 9.17) is 4.74 Å². The third kappa shape index (κ3) is 8.84. The lowest BCUT2D eigenvalue weighted by Crippen LogP contribution is -2.60. The smallest absolute Gasteiger partial charge is 0.408 e. The second-order valence-corrected chi connectivity index (χ2v) is 12.5. The maximum Gasteiger partial charge on any atom is 0.408 e. The van der Waals surface area contributed by atoms with Crippen molar-refractivity contribution in [1.82, 2.24) is 20.9 Å². The van der Waals surface area contributed by atoms with Gasteiger partial charge in [-0.1, -0.05) is 53.0 Å². The lowest BCUT2D eigenvalue weighted by molar-refractivity contribution is -0.144. The van der Waals surface area contributed by atoms with Gasteiger partial charge < -0.3 is 25.6 Å². The monoisotopic (exact) mass is 534 g/mol. The Morgan fingerprint density at radius 3 is 2.16 bits per heavy atom. The Morgan fingerprint density at radius 2 is 1.66 bits per heavy atom. The molecule has 3 N–H and O–H groups in total. The first kappa shape index (κ1) is 31.3. The van der Waals surface area contributed by atoms with E-state index in [1.165, 1.54) is 11.0 Å². The molecule has 38 heavy (non-hydrogen) atoms. The summed E-state index contributed by atoms with van der Waals surface area (Å²) < 4.78 is 5.38. The molecule has 1 heterocycles. The molecule has 0 aromatic carbocycles. The van der Waals surface area contributed by atoms with Crippen molar-refractivity contribution in [1.29, 1.82) is 0 Å². The predicted octanol–water partition coefficient (Wildman–Crippen LogP) is 2.71. The maximum atomic E-state index is 13.8. The van der Waals surface area contributed by atoms with E-state index in [1.807, 2.05) is 27.7 Å². The van der Waals surface area contributed by atoms with Crippen LogP contribution in [0.15, 0.2) is 12.7 Å². The molecule has 214 valence electrons. The summed E-state index contributed by atoms with van der Waals surface area (Å²) in [5.74, 6) is -2.14. The van der Waals surface area contributed by atoms with E-state index in [9.17, 15) is 24.0 Å². The highest BCUT2D eigenvalue weighted by molar-refractivity contribution is 6.38. The molecule has 4 atom stereocenters. The molecular weight excluding hydrogens is 488 g/mol. The molecule has 1 aliphatic heterocycles. The Labute approximate surface area is 226 Å². The van der Waals surface area contributed by atoms with Crippen molar-refractivity contribution < 1.29 is 28.7 Å². The van der Waals surface area contributed by atoms with Gasteiger partial charge in [0.15, 0.2) is 0 Å². The molecule has 0 aromatic heterocycles. The zero-order valence-corrected chi connectivity index (χ0v) is 24.0. The lowest BCUT2D eigenvalue weighted by Gasteiger charge is -2.36. The van der Waals surface area contributed by atoms with Crippen LogP contribution >= 0.6 is 0 Å². The van der Waals surface area contributed by atoms with Gasteiger partial charge in [-0.05, 0) is 50.9 Å². The first-order valence-electron chi connectivity index (χ1n) is 13.6. The van der Waals surface area contributed by atoms with Gasteiger partial charge >= 0.3 is 6.09 Å². The summed E-state index contributed by atoms with van der Waals surface area (Å²) in [5.41, 5.74) is -1.40. The molecule has 1 aliphatic carbocycles. The molecular formula is C28H46N4O6. The van der Waals surface area contributed by atoms with Crippen molar-refractivity contribution in [3.8, 4) is 0 Å². The number of hydrogen-bond donors (Lipinski definition) is 3. The molecule has 0 radical (unpaired) electrons. The van der Waals surface area contributed by atoms with Gasteiger partial charge in [-0.2, -0.15) is 0 Å². The van der Waals surface area contributed by atoms with E-state index in [2.05, 4.69) is 22.5 Å². The van der Waals surface area contributed by atoms with Crippen LogP contribution in [-0.2, 0) is 23.9 Å². The molecule has 2 aliphatic rings. The summed E-state index contributed by atoms with van der Waals surface area (Å²) in [6.45, 7) is 16.7. The SMILES string of the molecule is C=CCNC(=O)C(=O)C(CC1CC1)NC(=O)C1C(CC)CCN1C(=O)C(NC(=O)OC(C)(C)C)C(C)(C)C. The largest absolute Gasteiger partial charge is 0.444 e. The number of amides is 4. The molecule has 2 rings (SSSR count). The minimum Gasteiger partial charge on any atom is -0.444 e. The zero-order valence-electron chi connectivity index (χ0n) is 24.0. The highest BCUT2D eigenvalue weighted by atomic mass is 16.6. The van der Waals surface area contributed by atoms with E-state index < -0.39 is 52.8 Å². The number of Topliss-reactive ketones (excluding diaryl/α,β-unsaturated/α-hetero) is 1. The molecule has 0 spiro atoms. The molecule has 0 aromatic rings. The number of likely N-dealkylation sites (tertiary alicyclic amines) is 1. The fourth-order valence-electron chi connectivity index (χ4n) is 4.71. The van der Waals surface area contributed by atoms with E-state index in [0.29, 0.717) is 25.8 Å². The Morgan fingerprint density at radius 1 is 1.03 bits per heavy atom. The molecule has 10 nitrogen and oxygen atoms in total. The molecule has 2 fully saturated rings. The normalized spacial score (nSPS) is 21.2. The topological polar surface area (TPSA) is 134 Å². The predicted molar refractivity (Wildman–Crippen MR) is 144 cm³/mol. The second-order valence-electron chi connectivity index (χ2n) is 12.5. The molecule has 1 saturated heterocycles. The molecule has 4 unspecified atom stereocenters. The van der Waals surface area contributed by atoms with Crippen LogP contribution in [0.3, 0.4) is 0 Å². The Kier molecular flexibility index (Phi) is 10.5. The van der Waals surface area contributed by atoms with Crippen molar-refractivity contribution >= 4 is 29.6 Å². The van der Waals surface area contributed by atoms with Gasteiger partial charge in [0.1, 0.15) is 17.7 Å². The molecule has 4 amide bonds. The Hall–Kier alpha value is -2.91. The minimum absolute atomic E-state index is 0.118. The molecule has 0 bridgehead atoms. The fourth-order valence-corrected chi connectivity index (χ4v) is 4.71. The van der Waals surface area contributed by atoms with E-state index in [1.54, 1.807) is 20.8 Å². The van der Waals surface area contributed by atoms with Crippen molar-refractivity contribution in [2.45, 2.75) is 104 Å². The summed E-state index contributed by atoms with van der Waals surface area (Å²) >= 11 is 0. The van der Waals surface area contributed by atoms with Gasteiger partial charge in [-0.3, -0.25) is 19.2 Å². The number of carbonyl (C=O) groups is 5. The van der Waals surface area contributed by atoms with Crippen LogP contribution in [0.25, 0.3) is 0 Å². The number of hydrogen-bond acceptors (Lipinski definition) is 6. The zero-order chi connectivity index (χ0) is 28.8. The quantitative estimate of drug-likeness (QED) is 0.276. The number of carbonyl (C=O) groups excluding carboxylic acids is 5. The van der Waals surface area contributed by atoms with Gasteiger partial charge in [0, 0.05) is 13.1 Å². The molecule has 10 heteroatoms. The summed E-state index contributed by atoms with van der Waals surface area (Å²) in [4.78, 5) is 66.8. The van der Waals surface area contributed by atoms with E-state index in [-0.39, 0.29) is 24.3 Å². The van der Waals surface area contributed by atoms with Crippen LogP contribution in [0.5, 0.6) is 0 Å². The van der Waals surface area contributed by atoms with Crippen molar-refractivity contribution in [3.63, 3.8) is 0 Å². The van der Waals surface area contributed by atoms with Crippen LogP contribution in [0.4, 0.5) is 4.79 Å². The third-order valence-electron chi connectivity index (χ3n) is 6.90. The number of nitrogens with one attached hydrogen (secondary N) is 3. The van der Waals surface area contributed by atoms with Crippen LogP contribution in [0, 0.1) is 17.3 Å². The number of ether oxygens (including phenoxy) is 1. The van der Waals surface area contributed by atoms with E-state index in [0.717, 1.165) is 12.8 Å². The summed E-state index contributed by atoms with van der Waals surface area (Å²) in [6, 6.07) is -2.71. The van der Waals surface area contributed by atoms with Gasteiger partial charge in [-0.15, -0.1) is 6.58 Å². The Balaban J connectivity index is 2.26. The van der Waals surface area contributed by atoms with Gasteiger partial charge in [0.2, 0.25) is 17.6 Å². The first-order chi connectivity index (χ1) is 17.6. The van der Waals surface area contributed by atoms with Gasteiger partial charge in [-0.25, -0.2) is 4.79 Å². The number of rotatable bonds is 11.